The molecule has 1 aromatic heterocycles. The lowest BCUT2D eigenvalue weighted by molar-refractivity contribution is 0.0528. The number of hydrogen-bond donors (Lipinski definition) is 0. The zero-order valence-corrected chi connectivity index (χ0v) is 14.7. The summed E-state index contributed by atoms with van der Waals surface area (Å²) in [5, 5.41) is 0.625. The number of esters is 1. The lowest BCUT2D eigenvalue weighted by Crippen LogP contribution is -2.05. The Bertz CT molecular complexity index is 1110. The van der Waals surface area contributed by atoms with Crippen molar-refractivity contribution in [1.29, 1.82) is 0 Å². The summed E-state index contributed by atoms with van der Waals surface area (Å²) in [5.41, 5.74) is 4.11. The summed E-state index contributed by atoms with van der Waals surface area (Å²) in [6, 6.07) is 19.6. The van der Waals surface area contributed by atoms with Crippen molar-refractivity contribution >= 4 is 16.9 Å². The fourth-order valence-electron chi connectivity index (χ4n) is 3.24. The minimum Gasteiger partial charge on any atom is -0.463 e. The molecule has 0 amide bonds. The average molecular weight is 360 g/mol. The van der Waals surface area contributed by atoms with Crippen molar-refractivity contribution in [3.05, 3.63) is 84.4 Å². The molecule has 4 rings (SSSR count). The van der Waals surface area contributed by atoms with Crippen molar-refractivity contribution in [3.8, 4) is 22.3 Å². The van der Waals surface area contributed by atoms with Gasteiger partial charge in [0.25, 0.3) is 0 Å². The van der Waals surface area contributed by atoms with Gasteiger partial charge in [-0.1, -0.05) is 42.5 Å². The molecule has 3 aromatic carbocycles. The first-order valence-electron chi connectivity index (χ1n) is 8.71. The summed E-state index contributed by atoms with van der Waals surface area (Å²) in [7, 11) is 0. The molecule has 0 saturated carbocycles. The Morgan fingerprint density at radius 2 is 1.74 bits per heavy atom. The largest absolute Gasteiger partial charge is 0.463 e. The number of hydrogen-bond acceptors (Lipinski definition) is 3. The van der Waals surface area contributed by atoms with Crippen LogP contribution in [0.2, 0.25) is 0 Å². The molecule has 1 heterocycles. The predicted molar refractivity (Wildman–Crippen MR) is 103 cm³/mol. The van der Waals surface area contributed by atoms with Crippen LogP contribution in [0.4, 0.5) is 4.39 Å². The van der Waals surface area contributed by atoms with Crippen LogP contribution in [-0.4, -0.2) is 12.6 Å². The minimum atomic E-state index is -0.429. The number of carbonyl (C=O) groups is 1. The molecule has 0 N–H and O–H groups in total. The lowest BCUT2D eigenvalue weighted by atomic mass is 9.96. The van der Waals surface area contributed by atoms with Gasteiger partial charge in [0, 0.05) is 16.5 Å². The highest BCUT2D eigenvalue weighted by atomic mass is 19.1. The van der Waals surface area contributed by atoms with Gasteiger partial charge in [0.05, 0.1) is 18.4 Å². The first-order valence-corrected chi connectivity index (χ1v) is 8.71. The Balaban J connectivity index is 2.01. The van der Waals surface area contributed by atoms with Crippen LogP contribution in [0, 0.1) is 5.82 Å². The van der Waals surface area contributed by atoms with Crippen LogP contribution in [0.15, 0.2) is 77.4 Å². The van der Waals surface area contributed by atoms with Gasteiger partial charge < -0.3 is 9.15 Å². The highest BCUT2D eigenvalue weighted by Gasteiger charge is 2.21. The van der Waals surface area contributed by atoms with Gasteiger partial charge in [0.1, 0.15) is 11.4 Å². The van der Waals surface area contributed by atoms with Crippen LogP contribution in [0.5, 0.6) is 0 Å². The second-order valence-corrected chi connectivity index (χ2v) is 6.11. The molecular formula is C23H17FO3. The number of furan rings is 1. The smallest absolute Gasteiger partial charge is 0.338 e. The molecule has 0 aliphatic rings. The van der Waals surface area contributed by atoms with E-state index in [0.29, 0.717) is 27.7 Å². The quantitative estimate of drug-likeness (QED) is 0.414. The molecule has 4 heteroatoms. The first kappa shape index (κ1) is 17.0. The molecule has 0 spiro atoms. The molecule has 0 aliphatic carbocycles. The number of benzene rings is 3. The summed E-state index contributed by atoms with van der Waals surface area (Å²) in [4.78, 5) is 12.5. The molecule has 0 atom stereocenters. The molecule has 134 valence electrons. The lowest BCUT2D eigenvalue weighted by Gasteiger charge is -2.09. The Kier molecular flexibility index (Phi) is 4.47. The molecule has 3 nitrogen and oxygen atoms in total. The maximum absolute atomic E-state index is 13.8. The molecule has 0 fully saturated rings. The van der Waals surface area contributed by atoms with Crippen molar-refractivity contribution in [2.24, 2.45) is 0 Å². The SMILES string of the molecule is CCOC(=O)c1ccc(-c2ccccc2)c2occ(-c3cccc(F)c3)c12. The molecule has 4 aromatic rings. The fraction of sp³-hybridized carbons (Fsp3) is 0.0870. The zero-order chi connectivity index (χ0) is 18.8. The zero-order valence-electron chi connectivity index (χ0n) is 14.7. The van der Waals surface area contributed by atoms with Crippen molar-refractivity contribution in [3.63, 3.8) is 0 Å². The Hall–Kier alpha value is -3.40. The molecule has 0 aliphatic heterocycles. The van der Waals surface area contributed by atoms with Crippen molar-refractivity contribution in [2.75, 3.05) is 6.61 Å². The van der Waals surface area contributed by atoms with Gasteiger partial charge in [-0.25, -0.2) is 9.18 Å². The Morgan fingerprint density at radius 3 is 2.48 bits per heavy atom. The van der Waals surface area contributed by atoms with E-state index in [9.17, 15) is 9.18 Å². The van der Waals surface area contributed by atoms with E-state index >= 15 is 0 Å². The third kappa shape index (κ3) is 3.10. The number of rotatable bonds is 4. The van der Waals surface area contributed by atoms with Crippen LogP contribution < -0.4 is 0 Å². The van der Waals surface area contributed by atoms with E-state index in [1.165, 1.54) is 12.1 Å². The molecule has 0 bridgehead atoms. The normalized spacial score (nSPS) is 10.9. The van der Waals surface area contributed by atoms with Gasteiger partial charge in [-0.3, -0.25) is 0 Å². The standard InChI is InChI=1S/C23H17FO3/c1-2-26-23(25)19-12-11-18(15-7-4-3-5-8-15)22-21(19)20(14-27-22)16-9-6-10-17(24)13-16/h3-14H,2H2,1H3. The maximum atomic E-state index is 13.8. The number of carbonyl (C=O) groups excluding carboxylic acids is 1. The van der Waals surface area contributed by atoms with Gasteiger partial charge in [0.15, 0.2) is 0 Å². The van der Waals surface area contributed by atoms with Gasteiger partial charge in [-0.2, -0.15) is 0 Å². The predicted octanol–water partition coefficient (Wildman–Crippen LogP) is 6.08. The van der Waals surface area contributed by atoms with Crippen LogP contribution in [0.25, 0.3) is 33.2 Å². The van der Waals surface area contributed by atoms with E-state index in [2.05, 4.69) is 0 Å². The number of fused-ring (bicyclic) bond motifs is 1. The summed E-state index contributed by atoms with van der Waals surface area (Å²) in [5.74, 6) is -0.778. The first-order chi connectivity index (χ1) is 13.2. The van der Waals surface area contributed by atoms with E-state index < -0.39 is 5.97 Å². The van der Waals surface area contributed by atoms with Gasteiger partial charge >= 0.3 is 5.97 Å². The summed E-state index contributed by atoms with van der Waals surface area (Å²) >= 11 is 0. The highest BCUT2D eigenvalue weighted by molar-refractivity contribution is 6.13. The van der Waals surface area contributed by atoms with E-state index in [0.717, 1.165) is 11.1 Å². The van der Waals surface area contributed by atoms with Crippen LogP contribution in [0.1, 0.15) is 17.3 Å². The Morgan fingerprint density at radius 1 is 0.963 bits per heavy atom. The van der Waals surface area contributed by atoms with E-state index in [1.807, 2.05) is 36.4 Å². The second kappa shape index (κ2) is 7.08. The molecule has 0 saturated heterocycles. The van der Waals surface area contributed by atoms with E-state index in [4.69, 9.17) is 9.15 Å². The third-order valence-corrected chi connectivity index (χ3v) is 4.44. The number of ether oxygens (including phenoxy) is 1. The monoisotopic (exact) mass is 360 g/mol. The van der Waals surface area contributed by atoms with Crippen molar-refractivity contribution in [1.82, 2.24) is 0 Å². The summed E-state index contributed by atoms with van der Waals surface area (Å²) < 4.78 is 24.8. The van der Waals surface area contributed by atoms with E-state index in [1.54, 1.807) is 31.4 Å². The van der Waals surface area contributed by atoms with Gasteiger partial charge in [-0.15, -0.1) is 0 Å². The fourth-order valence-corrected chi connectivity index (χ4v) is 3.24. The van der Waals surface area contributed by atoms with Crippen molar-refractivity contribution < 1.29 is 18.3 Å². The van der Waals surface area contributed by atoms with Crippen molar-refractivity contribution in [2.45, 2.75) is 6.92 Å². The molecule has 0 radical (unpaired) electrons. The minimum absolute atomic E-state index is 0.272. The van der Waals surface area contributed by atoms with Crippen LogP contribution >= 0.6 is 0 Å². The second-order valence-electron chi connectivity index (χ2n) is 6.11. The van der Waals surface area contributed by atoms with E-state index in [-0.39, 0.29) is 12.4 Å². The molecule has 27 heavy (non-hydrogen) atoms. The molecule has 0 unspecified atom stereocenters. The highest BCUT2D eigenvalue weighted by Crippen LogP contribution is 2.39. The number of halogens is 1. The van der Waals surface area contributed by atoms with Crippen LogP contribution in [0.3, 0.4) is 0 Å². The van der Waals surface area contributed by atoms with Gasteiger partial charge in [0.2, 0.25) is 0 Å². The summed E-state index contributed by atoms with van der Waals surface area (Å²) in [6.07, 6.45) is 1.56. The molecular weight excluding hydrogens is 343 g/mol. The summed E-state index contributed by atoms with van der Waals surface area (Å²) in [6.45, 7) is 2.03. The maximum Gasteiger partial charge on any atom is 0.338 e. The topological polar surface area (TPSA) is 39.4 Å². The average Bonchev–Trinajstić information content (AvgIpc) is 3.13. The third-order valence-electron chi connectivity index (χ3n) is 4.44. The van der Waals surface area contributed by atoms with Gasteiger partial charge in [-0.05, 0) is 42.3 Å². The Labute approximate surface area is 156 Å². The van der Waals surface area contributed by atoms with Crippen LogP contribution in [-0.2, 0) is 4.74 Å².